The zero-order valence-electron chi connectivity index (χ0n) is 16.9. The van der Waals surface area contributed by atoms with Gasteiger partial charge in [0.25, 0.3) is 0 Å². The molecule has 0 saturated heterocycles. The van der Waals surface area contributed by atoms with Crippen LogP contribution >= 0.6 is 11.6 Å². The van der Waals surface area contributed by atoms with E-state index < -0.39 is 0 Å². The molecule has 1 saturated carbocycles. The van der Waals surface area contributed by atoms with Crippen LogP contribution in [0.3, 0.4) is 0 Å². The molecular formula is C24H28ClN3O. The van der Waals surface area contributed by atoms with Crippen LogP contribution in [0.25, 0.3) is 0 Å². The highest BCUT2D eigenvalue weighted by atomic mass is 35.5. The molecule has 0 bridgehead atoms. The van der Waals surface area contributed by atoms with Gasteiger partial charge in [0.2, 0.25) is 0 Å². The number of fused-ring (bicyclic) bond motifs is 1. The Bertz CT molecular complexity index is 918. The van der Waals surface area contributed by atoms with Crippen molar-refractivity contribution in [1.82, 2.24) is 5.32 Å². The lowest BCUT2D eigenvalue weighted by Crippen LogP contribution is -2.39. The summed E-state index contributed by atoms with van der Waals surface area (Å²) in [5.41, 5.74) is 4.21. The molecule has 152 valence electrons. The predicted molar refractivity (Wildman–Crippen MR) is 120 cm³/mol. The third-order valence-corrected chi connectivity index (χ3v) is 6.17. The van der Waals surface area contributed by atoms with Crippen LogP contribution in [0.5, 0.6) is 5.75 Å². The maximum atomic E-state index is 8.97. The molecule has 4 nitrogen and oxygen atoms in total. The smallest absolute Gasteiger partial charge is 0.122 e. The first-order chi connectivity index (χ1) is 14.0. The van der Waals surface area contributed by atoms with E-state index in [1.54, 1.807) is 0 Å². The molecule has 2 aromatic rings. The third kappa shape index (κ3) is 4.34. The van der Waals surface area contributed by atoms with Crippen molar-refractivity contribution in [3.63, 3.8) is 0 Å². The summed E-state index contributed by atoms with van der Waals surface area (Å²) in [5.74, 6) is 1.82. The van der Waals surface area contributed by atoms with Gasteiger partial charge in [0.05, 0.1) is 11.8 Å². The van der Waals surface area contributed by atoms with Crippen molar-refractivity contribution in [1.29, 1.82) is 5.41 Å². The van der Waals surface area contributed by atoms with Crippen LogP contribution in [0.4, 0.5) is 5.69 Å². The largest absolute Gasteiger partial charge is 0.490 e. The van der Waals surface area contributed by atoms with Crippen molar-refractivity contribution in [2.75, 3.05) is 11.4 Å². The number of hydrogen-bond donors (Lipinski definition) is 2. The van der Waals surface area contributed by atoms with Crippen LogP contribution in [0.2, 0.25) is 5.02 Å². The average molecular weight is 410 g/mol. The van der Waals surface area contributed by atoms with Gasteiger partial charge in [0.15, 0.2) is 0 Å². The fraction of sp³-hybridized carbons (Fsp3) is 0.375. The summed E-state index contributed by atoms with van der Waals surface area (Å²) in [4.78, 5) is 2.03. The second-order valence-electron chi connectivity index (χ2n) is 8.02. The normalized spacial score (nSPS) is 22.0. The molecule has 2 N–H and O–H groups in total. The van der Waals surface area contributed by atoms with E-state index in [-0.39, 0.29) is 12.0 Å². The van der Waals surface area contributed by atoms with Gasteiger partial charge in [-0.25, -0.2) is 0 Å². The Hall–Kier alpha value is -2.30. The minimum absolute atomic E-state index is 0.213. The molecule has 0 unspecified atom stereocenters. The Balaban J connectivity index is 1.45. The number of benzene rings is 2. The van der Waals surface area contributed by atoms with Gasteiger partial charge < -0.3 is 15.0 Å². The van der Waals surface area contributed by atoms with Crippen molar-refractivity contribution in [3.8, 4) is 5.75 Å². The number of nitrogens with zero attached hydrogens (tertiary/aromatic N) is 1. The zero-order chi connectivity index (χ0) is 20.4. The first-order valence-corrected chi connectivity index (χ1v) is 10.7. The predicted octanol–water partition coefficient (Wildman–Crippen LogP) is 5.69. The van der Waals surface area contributed by atoms with Crippen LogP contribution in [0.1, 0.15) is 36.8 Å². The summed E-state index contributed by atoms with van der Waals surface area (Å²) in [6.07, 6.45) is 4.06. The second-order valence-corrected chi connectivity index (χ2v) is 8.46. The van der Waals surface area contributed by atoms with Crippen molar-refractivity contribution in [2.24, 2.45) is 5.92 Å². The van der Waals surface area contributed by atoms with Gasteiger partial charge in [0, 0.05) is 29.7 Å². The Morgan fingerprint density at radius 3 is 2.66 bits per heavy atom. The lowest BCUT2D eigenvalue weighted by Gasteiger charge is -2.35. The molecule has 0 radical (unpaired) electrons. The topological polar surface area (TPSA) is 48.4 Å². The molecule has 2 aliphatic rings. The van der Waals surface area contributed by atoms with Crippen LogP contribution in [0.15, 0.2) is 54.7 Å². The minimum atomic E-state index is 0.213. The Morgan fingerprint density at radius 2 is 1.90 bits per heavy atom. The number of rotatable bonds is 3. The highest BCUT2D eigenvalue weighted by Gasteiger charge is 2.31. The van der Waals surface area contributed by atoms with Crippen molar-refractivity contribution in [2.45, 2.75) is 45.3 Å². The molecule has 4 rings (SSSR count). The van der Waals surface area contributed by atoms with E-state index >= 15 is 0 Å². The van der Waals surface area contributed by atoms with E-state index in [1.807, 2.05) is 41.3 Å². The highest BCUT2D eigenvalue weighted by molar-refractivity contribution is 6.30. The summed E-state index contributed by atoms with van der Waals surface area (Å²) in [6.45, 7) is 7.72. The summed E-state index contributed by atoms with van der Waals surface area (Å²) < 4.78 is 6.24. The van der Waals surface area contributed by atoms with Crippen LogP contribution < -0.4 is 15.0 Å². The molecule has 5 heteroatoms. The van der Waals surface area contributed by atoms with Crippen molar-refractivity contribution >= 4 is 23.1 Å². The summed E-state index contributed by atoms with van der Waals surface area (Å²) in [5, 5.41) is 13.1. The van der Waals surface area contributed by atoms with E-state index in [4.69, 9.17) is 21.7 Å². The molecule has 0 spiro atoms. The highest BCUT2D eigenvalue weighted by Crippen LogP contribution is 2.35. The average Bonchev–Trinajstić information content (AvgIpc) is 2.87. The van der Waals surface area contributed by atoms with Gasteiger partial charge >= 0.3 is 0 Å². The lowest BCUT2D eigenvalue weighted by atomic mass is 9.85. The fourth-order valence-corrected chi connectivity index (χ4v) is 4.50. The molecule has 1 heterocycles. The van der Waals surface area contributed by atoms with Gasteiger partial charge in [-0.15, -0.1) is 0 Å². The Morgan fingerprint density at radius 1 is 1.14 bits per heavy atom. The Kier molecular flexibility index (Phi) is 5.93. The molecule has 1 aliphatic carbocycles. The Labute approximate surface area is 178 Å². The van der Waals surface area contributed by atoms with E-state index in [0.717, 1.165) is 59.9 Å². The molecule has 1 aliphatic heterocycles. The maximum absolute atomic E-state index is 8.97. The number of amidine groups is 1. The number of hydrogen-bond acceptors (Lipinski definition) is 3. The van der Waals surface area contributed by atoms with Gasteiger partial charge in [0.1, 0.15) is 11.6 Å². The lowest BCUT2D eigenvalue weighted by molar-refractivity contribution is 0.143. The molecule has 1 fully saturated rings. The van der Waals surface area contributed by atoms with E-state index in [9.17, 15) is 0 Å². The number of halogens is 1. The van der Waals surface area contributed by atoms with Crippen molar-refractivity contribution < 1.29 is 4.74 Å². The van der Waals surface area contributed by atoms with Gasteiger partial charge in [-0.2, -0.15) is 0 Å². The first kappa shape index (κ1) is 20.0. The molecule has 0 amide bonds. The number of ether oxygens (including phenoxy) is 1. The quantitative estimate of drug-likeness (QED) is 0.506. The van der Waals surface area contributed by atoms with Gasteiger partial charge in [-0.05, 0) is 68.0 Å². The van der Waals surface area contributed by atoms with Crippen LogP contribution in [-0.4, -0.2) is 18.5 Å². The number of para-hydroxylation sites is 1. The fourth-order valence-electron chi connectivity index (χ4n) is 4.31. The van der Waals surface area contributed by atoms with Crippen molar-refractivity contribution in [3.05, 3.63) is 70.9 Å². The van der Waals surface area contributed by atoms with E-state index in [2.05, 4.69) is 24.9 Å². The van der Waals surface area contributed by atoms with E-state index in [1.165, 1.54) is 5.56 Å². The summed E-state index contributed by atoms with van der Waals surface area (Å²) >= 11 is 6.20. The second kappa shape index (κ2) is 8.60. The van der Waals surface area contributed by atoms with Crippen LogP contribution in [0, 0.1) is 18.3 Å². The summed E-state index contributed by atoms with van der Waals surface area (Å²) in [7, 11) is 0. The first-order valence-electron chi connectivity index (χ1n) is 10.3. The number of anilines is 1. The maximum Gasteiger partial charge on any atom is 0.122 e. The monoisotopic (exact) mass is 409 g/mol. The van der Waals surface area contributed by atoms with Crippen LogP contribution in [-0.2, 0) is 6.54 Å². The minimum Gasteiger partial charge on any atom is -0.490 e. The third-order valence-electron chi connectivity index (χ3n) is 5.93. The summed E-state index contributed by atoms with van der Waals surface area (Å²) in [6, 6.07) is 14.1. The molecule has 29 heavy (non-hydrogen) atoms. The number of aryl methyl sites for hydroxylation is 1. The molecule has 0 aromatic heterocycles. The van der Waals surface area contributed by atoms with E-state index in [0.29, 0.717) is 12.4 Å². The van der Waals surface area contributed by atoms with Gasteiger partial charge in [-0.3, -0.25) is 5.41 Å². The standard InChI is InChI=1S/C24H28ClN3O/c1-16-5-3-4-6-23(16)29-21-10-7-18(8-11-21)24(26)28-17(2)14-27-15-19-13-20(25)9-12-22(19)28/h3-6,9,12-13,18,21,26-27H,2,7-8,10-11,14-15H2,1H3/t18-,21-. The SMILES string of the molecule is C=C1CNCc2cc(Cl)ccc2N1C(=N)[C@H]1CC[C@H](Oc2ccccc2C)CC1. The molecule has 2 aromatic carbocycles. The number of nitrogens with one attached hydrogen (secondary N) is 2. The molecule has 0 atom stereocenters. The zero-order valence-corrected chi connectivity index (χ0v) is 17.6. The molecular weight excluding hydrogens is 382 g/mol. The van der Waals surface area contributed by atoms with Gasteiger partial charge in [-0.1, -0.05) is 36.4 Å².